The predicted molar refractivity (Wildman–Crippen MR) is 91.3 cm³/mol. The minimum Gasteiger partial charge on any atom is -0.310 e. The van der Waals surface area contributed by atoms with E-state index in [0.717, 1.165) is 25.9 Å². The fraction of sp³-hybridized carbons (Fsp3) is 0.286. The Labute approximate surface area is 138 Å². The zero-order chi connectivity index (χ0) is 13.8. The number of likely N-dealkylation sites (N-methyl/N-ethyl adjacent to an activating group) is 1. The van der Waals surface area contributed by atoms with Gasteiger partial charge in [0, 0.05) is 20.9 Å². The lowest BCUT2D eigenvalue weighted by Crippen LogP contribution is -2.23. The van der Waals surface area contributed by atoms with Gasteiger partial charge in [0.1, 0.15) is 5.82 Å². The Balaban J connectivity index is 2.23. The molecule has 5 heteroatoms. The van der Waals surface area contributed by atoms with E-state index in [1.165, 1.54) is 10.9 Å². The van der Waals surface area contributed by atoms with Crippen LogP contribution in [0.1, 0.15) is 23.4 Å². The van der Waals surface area contributed by atoms with E-state index in [1.807, 2.05) is 6.07 Å². The lowest BCUT2D eigenvalue weighted by Gasteiger charge is -2.19. The van der Waals surface area contributed by atoms with Crippen molar-refractivity contribution >= 4 is 49.9 Å². The molecule has 1 nitrogen and oxygen atoms in total. The van der Waals surface area contributed by atoms with Crippen LogP contribution in [-0.4, -0.2) is 6.54 Å². The minimum absolute atomic E-state index is 0.178. The first-order valence-electron chi connectivity index (χ1n) is 6.02. The first-order valence-corrected chi connectivity index (χ1v) is 8.71. The molecular formula is C14H14BrFINS. The van der Waals surface area contributed by atoms with Gasteiger partial charge in [-0.1, -0.05) is 13.0 Å². The van der Waals surface area contributed by atoms with Crippen LogP contribution in [0.15, 0.2) is 34.1 Å². The van der Waals surface area contributed by atoms with Crippen molar-refractivity contribution in [3.63, 3.8) is 0 Å². The minimum atomic E-state index is -0.178. The Bertz CT molecular complexity index is 558. The number of rotatable bonds is 5. The fourth-order valence-corrected chi connectivity index (χ4v) is 4.37. The van der Waals surface area contributed by atoms with Crippen LogP contribution in [0.4, 0.5) is 4.39 Å². The summed E-state index contributed by atoms with van der Waals surface area (Å²) in [6, 6.07) is 9.43. The normalized spacial score (nSPS) is 12.6. The Hall–Kier alpha value is 0.0200. The lowest BCUT2D eigenvalue weighted by molar-refractivity contribution is 0.548. The molecule has 19 heavy (non-hydrogen) atoms. The molecule has 1 aromatic carbocycles. The van der Waals surface area contributed by atoms with Crippen molar-refractivity contribution in [2.45, 2.75) is 19.4 Å². The van der Waals surface area contributed by atoms with Crippen LogP contribution in [0.5, 0.6) is 0 Å². The van der Waals surface area contributed by atoms with Gasteiger partial charge in [-0.15, -0.1) is 11.3 Å². The van der Waals surface area contributed by atoms with Crippen molar-refractivity contribution in [2.24, 2.45) is 0 Å². The molecule has 0 saturated carbocycles. The summed E-state index contributed by atoms with van der Waals surface area (Å²) in [6.07, 6.45) is 0.922. The molecule has 0 amide bonds. The first kappa shape index (κ1) is 15.4. The van der Waals surface area contributed by atoms with Crippen molar-refractivity contribution in [1.29, 1.82) is 0 Å². The van der Waals surface area contributed by atoms with Gasteiger partial charge in [0.15, 0.2) is 0 Å². The van der Waals surface area contributed by atoms with E-state index in [1.54, 1.807) is 17.4 Å². The summed E-state index contributed by atoms with van der Waals surface area (Å²) in [7, 11) is 0. The van der Waals surface area contributed by atoms with Crippen LogP contribution in [0, 0.1) is 9.39 Å². The topological polar surface area (TPSA) is 12.0 Å². The summed E-state index contributed by atoms with van der Waals surface area (Å²) in [5.74, 6) is -0.178. The van der Waals surface area contributed by atoms with Gasteiger partial charge in [-0.25, -0.2) is 4.39 Å². The molecule has 1 unspecified atom stereocenters. The van der Waals surface area contributed by atoms with Crippen LogP contribution >= 0.6 is 49.9 Å². The maximum Gasteiger partial charge on any atom is 0.124 e. The van der Waals surface area contributed by atoms with Crippen LogP contribution in [-0.2, 0) is 6.42 Å². The van der Waals surface area contributed by atoms with Gasteiger partial charge >= 0.3 is 0 Å². The molecule has 102 valence electrons. The predicted octanol–water partition coefficient (Wildman–Crippen LogP) is 5.15. The van der Waals surface area contributed by atoms with E-state index in [0.29, 0.717) is 0 Å². The molecule has 0 spiro atoms. The van der Waals surface area contributed by atoms with Crippen molar-refractivity contribution in [2.75, 3.05) is 6.54 Å². The SMILES string of the molecule is CCNC(Cc1ccc(Br)s1)c1ccc(F)cc1I. The summed E-state index contributed by atoms with van der Waals surface area (Å²) in [5, 5.41) is 3.48. The highest BCUT2D eigenvalue weighted by Gasteiger charge is 2.15. The van der Waals surface area contributed by atoms with E-state index >= 15 is 0 Å². The molecule has 0 bridgehead atoms. The van der Waals surface area contributed by atoms with Crippen LogP contribution in [0.2, 0.25) is 0 Å². The molecule has 2 rings (SSSR count). The molecule has 2 aromatic rings. The van der Waals surface area contributed by atoms with E-state index in [4.69, 9.17) is 0 Å². The molecule has 1 aromatic heterocycles. The van der Waals surface area contributed by atoms with Gasteiger partial charge in [-0.3, -0.25) is 0 Å². The second-order valence-corrected chi connectivity index (χ2v) is 7.90. The fourth-order valence-electron chi connectivity index (χ4n) is 1.99. The second kappa shape index (κ2) is 7.15. The molecule has 1 heterocycles. The number of hydrogen-bond donors (Lipinski definition) is 1. The van der Waals surface area contributed by atoms with Crippen molar-refractivity contribution in [3.05, 3.63) is 53.9 Å². The largest absolute Gasteiger partial charge is 0.310 e. The Morgan fingerprint density at radius 1 is 1.37 bits per heavy atom. The molecule has 0 aliphatic rings. The van der Waals surface area contributed by atoms with Crippen LogP contribution < -0.4 is 5.32 Å². The van der Waals surface area contributed by atoms with Gasteiger partial charge in [-0.05, 0) is 74.9 Å². The van der Waals surface area contributed by atoms with Crippen molar-refractivity contribution < 1.29 is 4.39 Å². The molecule has 1 N–H and O–H groups in total. The molecule has 0 aliphatic carbocycles. The monoisotopic (exact) mass is 453 g/mol. The number of hydrogen-bond acceptors (Lipinski definition) is 2. The Morgan fingerprint density at radius 3 is 2.74 bits per heavy atom. The number of halogens is 3. The Kier molecular flexibility index (Phi) is 5.80. The quantitative estimate of drug-likeness (QED) is 0.617. The molecule has 0 fully saturated rings. The molecule has 0 radical (unpaired) electrons. The molecule has 0 aliphatic heterocycles. The summed E-state index contributed by atoms with van der Waals surface area (Å²) < 4.78 is 15.3. The van der Waals surface area contributed by atoms with Gasteiger partial charge in [0.25, 0.3) is 0 Å². The third kappa shape index (κ3) is 4.24. The third-order valence-corrected chi connectivity index (χ3v) is 5.40. The van der Waals surface area contributed by atoms with Crippen LogP contribution in [0.25, 0.3) is 0 Å². The highest BCUT2D eigenvalue weighted by Crippen LogP contribution is 2.29. The average Bonchev–Trinajstić information content (AvgIpc) is 2.74. The zero-order valence-electron chi connectivity index (χ0n) is 10.4. The average molecular weight is 454 g/mol. The maximum absolute atomic E-state index is 13.2. The standard InChI is InChI=1S/C14H14BrFINS/c1-2-18-13(8-10-4-6-14(15)19-10)11-5-3-9(16)7-12(11)17/h3-7,13,18H,2,8H2,1H3. The van der Waals surface area contributed by atoms with E-state index in [-0.39, 0.29) is 11.9 Å². The number of thiophene rings is 1. The zero-order valence-corrected chi connectivity index (χ0v) is 15.0. The van der Waals surface area contributed by atoms with Gasteiger partial charge in [0.2, 0.25) is 0 Å². The molecular weight excluding hydrogens is 440 g/mol. The second-order valence-electron chi connectivity index (χ2n) is 4.19. The summed E-state index contributed by atoms with van der Waals surface area (Å²) in [4.78, 5) is 1.32. The Morgan fingerprint density at radius 2 is 2.16 bits per heavy atom. The van der Waals surface area contributed by atoms with Gasteiger partial charge in [-0.2, -0.15) is 0 Å². The van der Waals surface area contributed by atoms with E-state index in [9.17, 15) is 4.39 Å². The molecule has 0 saturated heterocycles. The van der Waals surface area contributed by atoms with Gasteiger partial charge in [0.05, 0.1) is 3.79 Å². The number of nitrogens with one attached hydrogen (secondary N) is 1. The summed E-state index contributed by atoms with van der Waals surface area (Å²) in [6.45, 7) is 2.98. The van der Waals surface area contributed by atoms with Crippen molar-refractivity contribution in [1.82, 2.24) is 5.32 Å². The third-order valence-electron chi connectivity index (χ3n) is 2.82. The summed E-state index contributed by atoms with van der Waals surface area (Å²) >= 11 is 7.44. The maximum atomic E-state index is 13.2. The van der Waals surface area contributed by atoms with E-state index < -0.39 is 0 Å². The highest BCUT2D eigenvalue weighted by molar-refractivity contribution is 14.1. The number of benzene rings is 1. The van der Waals surface area contributed by atoms with Crippen LogP contribution in [0.3, 0.4) is 0 Å². The lowest BCUT2D eigenvalue weighted by atomic mass is 10.0. The summed E-state index contributed by atoms with van der Waals surface area (Å²) in [5.41, 5.74) is 1.16. The highest BCUT2D eigenvalue weighted by atomic mass is 127. The van der Waals surface area contributed by atoms with E-state index in [2.05, 4.69) is 62.9 Å². The molecule has 1 atom stereocenters. The van der Waals surface area contributed by atoms with Gasteiger partial charge < -0.3 is 5.32 Å². The first-order chi connectivity index (χ1) is 9.10. The smallest absolute Gasteiger partial charge is 0.124 e. The van der Waals surface area contributed by atoms with Crippen molar-refractivity contribution in [3.8, 4) is 0 Å².